The lowest BCUT2D eigenvalue weighted by molar-refractivity contribution is -0.148. The Labute approximate surface area is 157 Å². The molecule has 5 nitrogen and oxygen atoms in total. The molecule has 0 spiro atoms. The van der Waals surface area contributed by atoms with E-state index in [0.29, 0.717) is 25.0 Å². The number of amides is 1. The van der Waals surface area contributed by atoms with Crippen molar-refractivity contribution in [3.8, 4) is 5.88 Å². The molecular weight excluding hydrogens is 328 g/mol. The van der Waals surface area contributed by atoms with Gasteiger partial charge in [-0.05, 0) is 51.0 Å². The first kappa shape index (κ1) is 20.7. The first-order valence-corrected chi connectivity index (χ1v) is 10.1. The molecule has 1 aromatic rings. The van der Waals surface area contributed by atoms with Gasteiger partial charge >= 0.3 is 0 Å². The minimum Gasteiger partial charge on any atom is -0.478 e. The highest BCUT2D eigenvalue weighted by molar-refractivity contribution is 5.97. The van der Waals surface area contributed by atoms with Crippen molar-refractivity contribution >= 4 is 11.6 Å². The van der Waals surface area contributed by atoms with Crippen LogP contribution in [-0.4, -0.2) is 29.7 Å². The summed E-state index contributed by atoms with van der Waals surface area (Å²) in [7, 11) is 0. The Morgan fingerprint density at radius 3 is 2.77 bits per heavy atom. The van der Waals surface area contributed by atoms with Crippen LogP contribution in [0.3, 0.4) is 0 Å². The van der Waals surface area contributed by atoms with Gasteiger partial charge in [-0.3, -0.25) is 4.79 Å². The van der Waals surface area contributed by atoms with Crippen LogP contribution in [0.2, 0.25) is 0 Å². The van der Waals surface area contributed by atoms with E-state index in [2.05, 4.69) is 31.1 Å². The molecule has 0 bridgehead atoms. The highest BCUT2D eigenvalue weighted by Gasteiger charge is 2.42. The molecule has 1 aromatic heterocycles. The summed E-state index contributed by atoms with van der Waals surface area (Å²) in [5, 5.41) is 3.06. The molecule has 1 saturated carbocycles. The van der Waals surface area contributed by atoms with E-state index in [1.54, 1.807) is 0 Å². The molecule has 1 aliphatic rings. The van der Waals surface area contributed by atoms with Crippen LogP contribution in [0.25, 0.3) is 0 Å². The van der Waals surface area contributed by atoms with Crippen molar-refractivity contribution in [2.24, 2.45) is 5.92 Å². The molecule has 1 aliphatic carbocycles. The Kier molecular flexibility index (Phi) is 7.88. The Morgan fingerprint density at radius 1 is 1.31 bits per heavy atom. The van der Waals surface area contributed by atoms with Gasteiger partial charge in [0.25, 0.3) is 5.91 Å². The van der Waals surface area contributed by atoms with E-state index in [1.807, 2.05) is 19.1 Å². The molecule has 5 heteroatoms. The molecule has 1 heterocycles. The smallest absolute Gasteiger partial charge is 0.256 e. The summed E-state index contributed by atoms with van der Waals surface area (Å²) >= 11 is 0. The molecule has 1 N–H and O–H groups in total. The number of carbonyl (C=O) groups excluding carboxylic acids is 1. The van der Waals surface area contributed by atoms with E-state index in [1.165, 1.54) is 0 Å². The summed E-state index contributed by atoms with van der Waals surface area (Å²) in [4.78, 5) is 17.6. The van der Waals surface area contributed by atoms with Crippen molar-refractivity contribution < 1.29 is 14.3 Å². The van der Waals surface area contributed by atoms with E-state index < -0.39 is 5.60 Å². The number of aromatic nitrogens is 1. The van der Waals surface area contributed by atoms with E-state index in [9.17, 15) is 4.79 Å². The topological polar surface area (TPSA) is 60.5 Å². The third-order valence-electron chi connectivity index (χ3n) is 5.01. The number of nitrogens with zero attached hydrogens (tertiary/aromatic N) is 1. The molecule has 26 heavy (non-hydrogen) atoms. The number of rotatable bonds is 9. The van der Waals surface area contributed by atoms with Gasteiger partial charge < -0.3 is 14.8 Å². The maximum atomic E-state index is 13.1. The summed E-state index contributed by atoms with van der Waals surface area (Å²) in [6.07, 6.45) is 6.76. The summed E-state index contributed by atoms with van der Waals surface area (Å²) < 4.78 is 11.7. The number of ether oxygens (including phenoxy) is 2. The largest absolute Gasteiger partial charge is 0.478 e. The number of carbonyl (C=O) groups is 1. The zero-order valence-corrected chi connectivity index (χ0v) is 16.8. The minimum atomic E-state index is -0.712. The van der Waals surface area contributed by atoms with Crippen molar-refractivity contribution in [3.05, 3.63) is 17.8 Å². The van der Waals surface area contributed by atoms with Crippen LogP contribution in [0.15, 0.2) is 12.1 Å². The summed E-state index contributed by atoms with van der Waals surface area (Å²) in [5.74, 6) is 1.07. The molecule has 2 unspecified atom stereocenters. The highest BCUT2D eigenvalue weighted by Crippen LogP contribution is 2.36. The number of anilines is 1. The van der Waals surface area contributed by atoms with Gasteiger partial charge in [-0.1, -0.05) is 33.6 Å². The predicted octanol–water partition coefficient (Wildman–Crippen LogP) is 4.88. The summed E-state index contributed by atoms with van der Waals surface area (Å²) in [6.45, 7) is 9.58. The molecule has 0 radical (unpaired) electrons. The SMILES string of the molecule is CCCCOc1ccc(NC(=O)C2(OCCC)CCCC(C)C2)c(C)n1. The molecule has 0 aromatic carbocycles. The second-order valence-electron chi connectivity index (χ2n) is 7.48. The van der Waals surface area contributed by atoms with Gasteiger partial charge in [0.05, 0.1) is 18.0 Å². The number of pyridine rings is 1. The van der Waals surface area contributed by atoms with Crippen molar-refractivity contribution in [3.63, 3.8) is 0 Å². The van der Waals surface area contributed by atoms with Gasteiger partial charge in [0.15, 0.2) is 0 Å². The van der Waals surface area contributed by atoms with E-state index >= 15 is 0 Å². The van der Waals surface area contributed by atoms with Gasteiger partial charge in [0.2, 0.25) is 5.88 Å². The molecule has 2 rings (SSSR count). The second kappa shape index (κ2) is 9.91. The maximum Gasteiger partial charge on any atom is 0.256 e. The standard InChI is InChI=1S/C21H34N2O3/c1-5-7-14-25-19-11-10-18(17(4)22-19)23-20(24)21(26-13-6-2)12-8-9-16(3)15-21/h10-11,16H,5-9,12-15H2,1-4H3,(H,23,24). The Bertz CT molecular complexity index is 591. The first-order chi connectivity index (χ1) is 12.5. The number of aryl methyl sites for hydroxylation is 1. The Morgan fingerprint density at radius 2 is 2.12 bits per heavy atom. The Hall–Kier alpha value is -1.62. The maximum absolute atomic E-state index is 13.1. The zero-order valence-electron chi connectivity index (χ0n) is 16.8. The van der Waals surface area contributed by atoms with Crippen LogP contribution in [0.5, 0.6) is 5.88 Å². The third-order valence-corrected chi connectivity index (χ3v) is 5.01. The van der Waals surface area contributed by atoms with E-state index in [4.69, 9.17) is 9.47 Å². The van der Waals surface area contributed by atoms with Gasteiger partial charge in [-0.25, -0.2) is 4.98 Å². The quantitative estimate of drug-likeness (QED) is 0.636. The van der Waals surface area contributed by atoms with Crippen molar-refractivity contribution in [2.45, 2.75) is 78.2 Å². The van der Waals surface area contributed by atoms with E-state index in [0.717, 1.165) is 56.3 Å². The normalized spacial score (nSPS) is 22.8. The monoisotopic (exact) mass is 362 g/mol. The number of hydrogen-bond donors (Lipinski definition) is 1. The van der Waals surface area contributed by atoms with E-state index in [-0.39, 0.29) is 5.91 Å². The molecule has 146 valence electrons. The molecule has 0 aliphatic heterocycles. The van der Waals surface area contributed by atoms with Crippen LogP contribution in [-0.2, 0) is 9.53 Å². The second-order valence-corrected chi connectivity index (χ2v) is 7.48. The van der Waals surface area contributed by atoms with Crippen molar-refractivity contribution in [2.75, 3.05) is 18.5 Å². The average molecular weight is 363 g/mol. The first-order valence-electron chi connectivity index (χ1n) is 10.1. The van der Waals surface area contributed by atoms with Crippen LogP contribution < -0.4 is 10.1 Å². The summed E-state index contributed by atoms with van der Waals surface area (Å²) in [5.41, 5.74) is 0.786. The van der Waals surface area contributed by atoms with Gasteiger partial charge in [-0.2, -0.15) is 0 Å². The molecule has 0 saturated heterocycles. The average Bonchev–Trinajstić information content (AvgIpc) is 2.62. The highest BCUT2D eigenvalue weighted by atomic mass is 16.5. The number of hydrogen-bond acceptors (Lipinski definition) is 4. The fourth-order valence-corrected chi connectivity index (χ4v) is 3.51. The fourth-order valence-electron chi connectivity index (χ4n) is 3.51. The lowest BCUT2D eigenvalue weighted by Crippen LogP contribution is -2.49. The minimum absolute atomic E-state index is 0.0398. The van der Waals surface area contributed by atoms with Crippen LogP contribution in [0.1, 0.15) is 71.4 Å². The van der Waals surface area contributed by atoms with Gasteiger partial charge in [0.1, 0.15) is 5.60 Å². The van der Waals surface area contributed by atoms with Crippen LogP contribution >= 0.6 is 0 Å². The Balaban J connectivity index is 2.08. The number of unbranched alkanes of at least 4 members (excludes halogenated alkanes) is 1. The lowest BCUT2D eigenvalue weighted by atomic mass is 9.78. The fraction of sp³-hybridized carbons (Fsp3) is 0.714. The number of nitrogens with one attached hydrogen (secondary N) is 1. The zero-order chi connectivity index (χ0) is 19.0. The summed E-state index contributed by atoms with van der Waals surface area (Å²) in [6, 6.07) is 3.70. The van der Waals surface area contributed by atoms with Gasteiger partial charge in [0, 0.05) is 12.7 Å². The molecule has 1 fully saturated rings. The molecule has 2 atom stereocenters. The van der Waals surface area contributed by atoms with Crippen molar-refractivity contribution in [1.82, 2.24) is 4.98 Å². The lowest BCUT2D eigenvalue weighted by Gasteiger charge is -2.38. The van der Waals surface area contributed by atoms with Crippen LogP contribution in [0.4, 0.5) is 5.69 Å². The predicted molar refractivity (Wildman–Crippen MR) is 105 cm³/mol. The van der Waals surface area contributed by atoms with Gasteiger partial charge in [-0.15, -0.1) is 0 Å². The third kappa shape index (κ3) is 5.44. The molecular formula is C21H34N2O3. The van der Waals surface area contributed by atoms with Crippen molar-refractivity contribution in [1.29, 1.82) is 0 Å². The van der Waals surface area contributed by atoms with Crippen LogP contribution in [0, 0.1) is 12.8 Å². The molecule has 1 amide bonds.